The molecule has 25 heavy (non-hydrogen) atoms. The fourth-order valence-corrected chi connectivity index (χ4v) is 2.60. The highest BCUT2D eigenvalue weighted by atomic mass is 16.6. The first kappa shape index (κ1) is 20.8. The van der Waals surface area contributed by atoms with Crippen LogP contribution in [0, 0.1) is 5.92 Å². The van der Waals surface area contributed by atoms with Crippen LogP contribution in [0.3, 0.4) is 0 Å². The number of rotatable bonds is 7. The predicted molar refractivity (Wildman–Crippen MR) is 99.9 cm³/mol. The lowest BCUT2D eigenvalue weighted by atomic mass is 9.78. The molecule has 4 nitrogen and oxygen atoms in total. The Labute approximate surface area is 150 Å². The Balaban J connectivity index is 3.33. The summed E-state index contributed by atoms with van der Waals surface area (Å²) >= 11 is 0. The van der Waals surface area contributed by atoms with Gasteiger partial charge in [0, 0.05) is 5.57 Å². The molecule has 0 bridgehead atoms. The van der Waals surface area contributed by atoms with Gasteiger partial charge in [0.15, 0.2) is 5.78 Å². The summed E-state index contributed by atoms with van der Waals surface area (Å²) in [7, 11) is 0. The maximum atomic E-state index is 12.6. The van der Waals surface area contributed by atoms with Gasteiger partial charge in [-0.15, -0.1) is 6.58 Å². The van der Waals surface area contributed by atoms with Gasteiger partial charge in [0.2, 0.25) is 0 Å². The molecule has 0 amide bonds. The lowest BCUT2D eigenvalue weighted by Gasteiger charge is -2.34. The molecule has 0 unspecified atom stereocenters. The van der Waals surface area contributed by atoms with E-state index in [1.54, 1.807) is 32.9 Å². The summed E-state index contributed by atoms with van der Waals surface area (Å²) in [4.78, 5) is 24.8. The van der Waals surface area contributed by atoms with E-state index in [1.807, 2.05) is 30.3 Å². The molecule has 0 heterocycles. The van der Waals surface area contributed by atoms with E-state index in [0.29, 0.717) is 0 Å². The molecule has 0 aromatic heterocycles. The fourth-order valence-electron chi connectivity index (χ4n) is 2.60. The van der Waals surface area contributed by atoms with Gasteiger partial charge in [0.1, 0.15) is 11.2 Å². The van der Waals surface area contributed by atoms with Crippen molar-refractivity contribution in [3.05, 3.63) is 54.1 Å². The SMILES string of the molecule is C=CC[C@@H](C(=O)OC(C)(C)C)[C@](C)(O)/C(=C/c1ccccc1)C(C)=O. The summed E-state index contributed by atoms with van der Waals surface area (Å²) in [6.45, 7) is 11.8. The number of allylic oxidation sites excluding steroid dienone is 1. The maximum absolute atomic E-state index is 12.6. The molecule has 0 fully saturated rings. The maximum Gasteiger partial charge on any atom is 0.313 e. The predicted octanol–water partition coefficient (Wildman–Crippen LogP) is 3.94. The third-order valence-electron chi connectivity index (χ3n) is 3.81. The molecule has 0 aliphatic carbocycles. The smallest absolute Gasteiger partial charge is 0.313 e. The lowest BCUT2D eigenvalue weighted by molar-refractivity contribution is -0.167. The van der Waals surface area contributed by atoms with Crippen molar-refractivity contribution in [1.29, 1.82) is 0 Å². The minimum Gasteiger partial charge on any atom is -0.460 e. The second-order valence-corrected chi connectivity index (χ2v) is 7.28. The van der Waals surface area contributed by atoms with Gasteiger partial charge < -0.3 is 9.84 Å². The van der Waals surface area contributed by atoms with Crippen LogP contribution >= 0.6 is 0 Å². The number of carbonyl (C=O) groups is 2. The largest absolute Gasteiger partial charge is 0.460 e. The number of ketones is 1. The molecule has 0 saturated carbocycles. The first-order valence-electron chi connectivity index (χ1n) is 8.33. The Morgan fingerprint density at radius 1 is 1.20 bits per heavy atom. The standard InChI is InChI=1S/C21H28O4/c1-7-11-17(19(23)25-20(3,4)5)21(6,24)18(15(2)22)14-16-12-9-8-10-13-16/h7-10,12-14,17,24H,1,11H2,2-6H3/b18-14+/t17-,21-/m0/s1. The molecule has 0 aliphatic heterocycles. The lowest BCUT2D eigenvalue weighted by Crippen LogP contribution is -2.45. The van der Waals surface area contributed by atoms with Crippen LogP contribution < -0.4 is 0 Å². The zero-order valence-electron chi connectivity index (χ0n) is 15.7. The van der Waals surface area contributed by atoms with Crippen LogP contribution in [0.4, 0.5) is 0 Å². The van der Waals surface area contributed by atoms with Crippen LogP contribution in [0.15, 0.2) is 48.6 Å². The van der Waals surface area contributed by atoms with Crippen LogP contribution in [0.2, 0.25) is 0 Å². The van der Waals surface area contributed by atoms with E-state index in [-0.39, 0.29) is 17.8 Å². The highest BCUT2D eigenvalue weighted by molar-refractivity contribution is 6.00. The zero-order valence-corrected chi connectivity index (χ0v) is 15.7. The molecule has 1 aromatic carbocycles. The third-order valence-corrected chi connectivity index (χ3v) is 3.81. The van der Waals surface area contributed by atoms with Crippen molar-refractivity contribution in [2.45, 2.75) is 52.2 Å². The first-order valence-corrected chi connectivity index (χ1v) is 8.33. The summed E-state index contributed by atoms with van der Waals surface area (Å²) in [5.74, 6) is -1.79. The van der Waals surface area contributed by atoms with Crippen LogP contribution in [-0.4, -0.2) is 28.1 Å². The molecular weight excluding hydrogens is 316 g/mol. The molecule has 1 aromatic rings. The summed E-state index contributed by atoms with van der Waals surface area (Å²) in [5.41, 5.74) is -1.43. The van der Waals surface area contributed by atoms with Gasteiger partial charge in [-0.05, 0) is 52.7 Å². The van der Waals surface area contributed by atoms with Gasteiger partial charge in [-0.2, -0.15) is 0 Å². The van der Waals surface area contributed by atoms with E-state index < -0.39 is 23.1 Å². The van der Waals surface area contributed by atoms with Crippen molar-refractivity contribution >= 4 is 17.8 Å². The van der Waals surface area contributed by atoms with Crippen molar-refractivity contribution in [1.82, 2.24) is 0 Å². The Morgan fingerprint density at radius 3 is 2.20 bits per heavy atom. The van der Waals surface area contributed by atoms with Gasteiger partial charge in [0.25, 0.3) is 0 Å². The van der Waals surface area contributed by atoms with Gasteiger partial charge >= 0.3 is 5.97 Å². The van der Waals surface area contributed by atoms with E-state index in [2.05, 4.69) is 6.58 Å². The molecular formula is C21H28O4. The first-order chi connectivity index (χ1) is 11.5. The molecule has 1 N–H and O–H groups in total. The van der Waals surface area contributed by atoms with E-state index in [4.69, 9.17) is 4.74 Å². The summed E-state index contributed by atoms with van der Waals surface area (Å²) in [6.07, 6.45) is 3.35. The quantitative estimate of drug-likeness (QED) is 0.462. The van der Waals surface area contributed by atoms with Crippen molar-refractivity contribution in [3.63, 3.8) is 0 Å². The van der Waals surface area contributed by atoms with Crippen molar-refractivity contribution < 1.29 is 19.4 Å². The molecule has 0 aliphatic rings. The average molecular weight is 344 g/mol. The minimum absolute atomic E-state index is 0.163. The van der Waals surface area contributed by atoms with Crippen LogP contribution in [0.1, 0.15) is 46.6 Å². The van der Waals surface area contributed by atoms with Crippen LogP contribution in [0.25, 0.3) is 6.08 Å². The Kier molecular flexibility index (Phi) is 6.88. The number of hydrogen-bond donors (Lipinski definition) is 1. The van der Waals surface area contributed by atoms with Crippen molar-refractivity contribution in [2.75, 3.05) is 0 Å². The second kappa shape index (κ2) is 8.26. The van der Waals surface area contributed by atoms with Crippen LogP contribution in [0.5, 0.6) is 0 Å². The van der Waals surface area contributed by atoms with E-state index in [0.717, 1.165) is 5.56 Å². The summed E-state index contributed by atoms with van der Waals surface area (Å²) in [6, 6.07) is 9.20. The Morgan fingerprint density at radius 2 is 1.76 bits per heavy atom. The summed E-state index contributed by atoms with van der Waals surface area (Å²) in [5, 5.41) is 11.1. The summed E-state index contributed by atoms with van der Waals surface area (Å²) < 4.78 is 5.43. The normalized spacial score (nSPS) is 15.8. The number of carbonyl (C=O) groups excluding carboxylic acids is 2. The fraction of sp³-hybridized carbons (Fsp3) is 0.429. The highest BCUT2D eigenvalue weighted by Gasteiger charge is 2.43. The third kappa shape index (κ3) is 5.98. The van der Waals surface area contributed by atoms with Crippen molar-refractivity contribution in [3.8, 4) is 0 Å². The molecule has 1 rings (SSSR count). The topological polar surface area (TPSA) is 63.6 Å². The molecule has 136 valence electrons. The van der Waals surface area contributed by atoms with Gasteiger partial charge in [-0.25, -0.2) is 0 Å². The monoisotopic (exact) mass is 344 g/mol. The number of aliphatic hydroxyl groups is 1. The average Bonchev–Trinajstić information content (AvgIpc) is 2.48. The Hall–Kier alpha value is -2.20. The van der Waals surface area contributed by atoms with Gasteiger partial charge in [-0.1, -0.05) is 36.4 Å². The number of esters is 1. The molecule has 2 atom stereocenters. The number of Topliss-reactive ketones (excluding diaryl/α,β-unsaturated/α-hetero) is 1. The van der Waals surface area contributed by atoms with Gasteiger partial charge in [0.05, 0.1) is 5.92 Å². The zero-order chi connectivity index (χ0) is 19.3. The Bertz CT molecular complexity index is 648. The van der Waals surface area contributed by atoms with E-state index >= 15 is 0 Å². The molecule has 0 saturated heterocycles. The van der Waals surface area contributed by atoms with Gasteiger partial charge in [-0.3, -0.25) is 9.59 Å². The molecule has 4 heteroatoms. The number of hydrogen-bond acceptors (Lipinski definition) is 4. The minimum atomic E-state index is -1.68. The number of ether oxygens (including phenoxy) is 1. The van der Waals surface area contributed by atoms with Crippen molar-refractivity contribution in [2.24, 2.45) is 5.92 Å². The second-order valence-electron chi connectivity index (χ2n) is 7.28. The van der Waals surface area contributed by atoms with E-state index in [1.165, 1.54) is 13.8 Å². The highest BCUT2D eigenvalue weighted by Crippen LogP contribution is 2.33. The molecule has 0 radical (unpaired) electrons. The molecule has 0 spiro atoms. The number of benzene rings is 1. The van der Waals surface area contributed by atoms with E-state index in [9.17, 15) is 14.7 Å². The van der Waals surface area contributed by atoms with Crippen LogP contribution in [-0.2, 0) is 14.3 Å².